The lowest BCUT2D eigenvalue weighted by Gasteiger charge is -2.13. The van der Waals surface area contributed by atoms with Crippen LogP contribution in [0.2, 0.25) is 5.02 Å². The summed E-state index contributed by atoms with van der Waals surface area (Å²) >= 11 is 7.27. The fourth-order valence-corrected chi connectivity index (χ4v) is 3.54. The summed E-state index contributed by atoms with van der Waals surface area (Å²) in [7, 11) is 0. The molecule has 0 aliphatic carbocycles. The van der Waals surface area contributed by atoms with Gasteiger partial charge in [0.05, 0.1) is 5.25 Å². The maximum absolute atomic E-state index is 12.5. The Kier molecular flexibility index (Phi) is 5.72. The van der Waals surface area contributed by atoms with E-state index in [1.807, 2.05) is 44.2 Å². The molecule has 0 spiro atoms. The van der Waals surface area contributed by atoms with Crippen molar-refractivity contribution in [3.63, 3.8) is 0 Å². The third kappa shape index (κ3) is 4.43. The Morgan fingerprint density at radius 3 is 2.70 bits per heavy atom. The van der Waals surface area contributed by atoms with Crippen LogP contribution in [0.5, 0.6) is 0 Å². The van der Waals surface area contributed by atoms with Crippen molar-refractivity contribution < 1.29 is 4.79 Å². The van der Waals surface area contributed by atoms with Gasteiger partial charge in [-0.05, 0) is 44.5 Å². The number of benzene rings is 2. The zero-order valence-electron chi connectivity index (χ0n) is 15.2. The van der Waals surface area contributed by atoms with Crippen molar-refractivity contribution in [2.45, 2.75) is 31.2 Å². The van der Waals surface area contributed by atoms with Gasteiger partial charge in [0.25, 0.3) is 0 Å². The molecular weight excluding hydrogens is 382 g/mol. The zero-order valence-corrected chi connectivity index (χ0v) is 16.8. The summed E-state index contributed by atoms with van der Waals surface area (Å²) in [6.45, 7) is 5.79. The Bertz CT molecular complexity index is 988. The number of nitrogen functional groups attached to an aromatic ring is 1. The van der Waals surface area contributed by atoms with E-state index >= 15 is 0 Å². The first-order valence-electron chi connectivity index (χ1n) is 8.36. The molecule has 0 radical (unpaired) electrons. The first-order valence-corrected chi connectivity index (χ1v) is 9.62. The Hall–Kier alpha value is -2.51. The second kappa shape index (κ2) is 8.02. The van der Waals surface area contributed by atoms with Crippen LogP contribution in [0.25, 0.3) is 11.4 Å². The lowest BCUT2D eigenvalue weighted by molar-refractivity contribution is -0.115. The van der Waals surface area contributed by atoms with Crippen LogP contribution < -0.4 is 11.2 Å². The normalized spacial score (nSPS) is 12.0. The van der Waals surface area contributed by atoms with E-state index in [9.17, 15) is 4.79 Å². The number of nitrogens with two attached hydrogens (primary N) is 1. The van der Waals surface area contributed by atoms with Crippen LogP contribution in [0.4, 0.5) is 5.69 Å². The number of carbonyl (C=O) groups excluding carboxylic acids is 1. The van der Waals surface area contributed by atoms with E-state index in [0.717, 1.165) is 22.4 Å². The Morgan fingerprint density at radius 2 is 2.00 bits per heavy atom. The van der Waals surface area contributed by atoms with Crippen molar-refractivity contribution in [3.05, 3.63) is 58.6 Å². The van der Waals surface area contributed by atoms with Crippen molar-refractivity contribution in [3.8, 4) is 11.4 Å². The second-order valence-electron chi connectivity index (χ2n) is 6.25. The summed E-state index contributed by atoms with van der Waals surface area (Å²) in [6, 6.07) is 13.1. The molecule has 0 saturated heterocycles. The maximum Gasteiger partial charge on any atom is 0.237 e. The number of aromatic nitrogens is 3. The SMILES string of the molecule is Cc1ccc(NC(=O)[C@@H](C)Sc2nnc(-c3cccc(Cl)c3)n2N)c(C)c1. The molecule has 8 heteroatoms. The van der Waals surface area contributed by atoms with Crippen LogP contribution in [0.1, 0.15) is 18.1 Å². The molecule has 2 aromatic carbocycles. The van der Waals surface area contributed by atoms with E-state index in [0.29, 0.717) is 16.0 Å². The third-order valence-electron chi connectivity index (χ3n) is 4.04. The highest BCUT2D eigenvalue weighted by molar-refractivity contribution is 8.00. The van der Waals surface area contributed by atoms with Gasteiger partial charge in [0.2, 0.25) is 11.1 Å². The number of halogens is 1. The summed E-state index contributed by atoms with van der Waals surface area (Å²) in [6.07, 6.45) is 0. The van der Waals surface area contributed by atoms with Gasteiger partial charge in [0.1, 0.15) is 0 Å². The van der Waals surface area contributed by atoms with E-state index in [2.05, 4.69) is 15.5 Å². The molecule has 27 heavy (non-hydrogen) atoms. The van der Waals surface area contributed by atoms with Crippen LogP contribution in [0, 0.1) is 13.8 Å². The minimum atomic E-state index is -0.399. The molecule has 1 amide bonds. The van der Waals surface area contributed by atoms with Crippen molar-refractivity contribution in [1.82, 2.24) is 14.9 Å². The van der Waals surface area contributed by atoms with Gasteiger partial charge in [0.15, 0.2) is 5.82 Å². The molecule has 0 aliphatic rings. The molecule has 1 heterocycles. The van der Waals surface area contributed by atoms with E-state index in [-0.39, 0.29) is 5.91 Å². The summed E-state index contributed by atoms with van der Waals surface area (Å²) in [5, 5.41) is 11.8. The minimum Gasteiger partial charge on any atom is -0.335 e. The van der Waals surface area contributed by atoms with E-state index in [4.69, 9.17) is 17.4 Å². The van der Waals surface area contributed by atoms with Crippen molar-refractivity contribution in [1.29, 1.82) is 0 Å². The average Bonchev–Trinajstić information content (AvgIpc) is 2.98. The monoisotopic (exact) mass is 401 g/mol. The Balaban J connectivity index is 1.72. The highest BCUT2D eigenvalue weighted by Crippen LogP contribution is 2.27. The van der Waals surface area contributed by atoms with Gasteiger partial charge < -0.3 is 11.2 Å². The number of carbonyl (C=O) groups is 1. The van der Waals surface area contributed by atoms with Crippen molar-refractivity contribution in [2.24, 2.45) is 0 Å². The van der Waals surface area contributed by atoms with Gasteiger partial charge in [-0.1, -0.05) is 53.2 Å². The number of amides is 1. The number of hydrogen-bond donors (Lipinski definition) is 2. The predicted octanol–water partition coefficient (Wildman–Crippen LogP) is 4.05. The number of nitrogens with zero attached hydrogens (tertiary/aromatic N) is 3. The van der Waals surface area contributed by atoms with E-state index in [1.165, 1.54) is 16.4 Å². The molecule has 3 aromatic rings. The number of anilines is 1. The van der Waals surface area contributed by atoms with Crippen LogP contribution in [0.3, 0.4) is 0 Å². The van der Waals surface area contributed by atoms with Gasteiger partial charge in [-0.3, -0.25) is 4.79 Å². The average molecular weight is 402 g/mol. The topological polar surface area (TPSA) is 85.8 Å². The molecule has 0 aliphatic heterocycles. The van der Waals surface area contributed by atoms with E-state index < -0.39 is 5.25 Å². The van der Waals surface area contributed by atoms with Gasteiger partial charge >= 0.3 is 0 Å². The Labute approximate surface area is 167 Å². The standard InChI is InChI=1S/C19H20ClN5OS/c1-11-7-8-16(12(2)9-11)22-18(26)13(3)27-19-24-23-17(25(19)21)14-5-4-6-15(20)10-14/h4-10,13H,21H2,1-3H3,(H,22,26)/t13-/m1/s1. The minimum absolute atomic E-state index is 0.126. The predicted molar refractivity (Wildman–Crippen MR) is 110 cm³/mol. The first-order chi connectivity index (χ1) is 12.8. The molecule has 0 fully saturated rings. The fraction of sp³-hybridized carbons (Fsp3) is 0.211. The molecule has 1 aromatic heterocycles. The summed E-state index contributed by atoms with van der Waals surface area (Å²) in [5.41, 5.74) is 3.73. The quantitative estimate of drug-likeness (QED) is 0.497. The largest absolute Gasteiger partial charge is 0.335 e. The van der Waals surface area contributed by atoms with E-state index in [1.54, 1.807) is 19.1 Å². The molecular formula is C19H20ClN5OS. The fourth-order valence-electron chi connectivity index (χ4n) is 2.58. The highest BCUT2D eigenvalue weighted by atomic mass is 35.5. The zero-order chi connectivity index (χ0) is 19.6. The lowest BCUT2D eigenvalue weighted by Crippen LogP contribution is -2.24. The smallest absolute Gasteiger partial charge is 0.237 e. The molecule has 0 bridgehead atoms. The van der Waals surface area contributed by atoms with Gasteiger partial charge in [0, 0.05) is 16.3 Å². The maximum atomic E-state index is 12.5. The molecule has 1 atom stereocenters. The number of nitrogens with one attached hydrogen (secondary N) is 1. The molecule has 0 saturated carbocycles. The van der Waals surface area contributed by atoms with Crippen LogP contribution >= 0.6 is 23.4 Å². The summed E-state index contributed by atoms with van der Waals surface area (Å²) in [5.74, 6) is 6.49. The molecule has 6 nitrogen and oxygen atoms in total. The van der Waals surface area contributed by atoms with Gasteiger partial charge in [-0.2, -0.15) is 0 Å². The molecule has 3 N–H and O–H groups in total. The second-order valence-corrected chi connectivity index (χ2v) is 8.00. The van der Waals surface area contributed by atoms with Gasteiger partial charge in [-0.15, -0.1) is 10.2 Å². The number of hydrogen-bond acceptors (Lipinski definition) is 5. The van der Waals surface area contributed by atoms with Gasteiger partial charge in [-0.25, -0.2) is 4.68 Å². The highest BCUT2D eigenvalue weighted by Gasteiger charge is 2.20. The molecule has 140 valence electrons. The molecule has 3 rings (SSSR count). The van der Waals surface area contributed by atoms with Crippen molar-refractivity contribution >= 4 is 35.0 Å². The summed E-state index contributed by atoms with van der Waals surface area (Å²) in [4.78, 5) is 12.5. The van der Waals surface area contributed by atoms with Crippen LogP contribution in [-0.2, 0) is 4.79 Å². The Morgan fingerprint density at radius 1 is 1.22 bits per heavy atom. The first kappa shape index (κ1) is 19.3. The number of aryl methyl sites for hydroxylation is 2. The third-order valence-corrected chi connectivity index (χ3v) is 5.33. The summed E-state index contributed by atoms with van der Waals surface area (Å²) < 4.78 is 1.37. The number of thioether (sulfide) groups is 1. The van der Waals surface area contributed by atoms with Crippen LogP contribution in [-0.4, -0.2) is 26.0 Å². The van der Waals surface area contributed by atoms with Crippen molar-refractivity contribution in [2.75, 3.05) is 11.2 Å². The number of rotatable bonds is 5. The lowest BCUT2D eigenvalue weighted by atomic mass is 10.1. The van der Waals surface area contributed by atoms with Crippen LogP contribution in [0.15, 0.2) is 47.6 Å². The molecule has 0 unspecified atom stereocenters.